The number of hydrogen-bond acceptors (Lipinski definition) is 7. The topological polar surface area (TPSA) is 124 Å². The first-order chi connectivity index (χ1) is 9.30. The van der Waals surface area contributed by atoms with E-state index in [1.807, 2.05) is 0 Å². The van der Waals surface area contributed by atoms with Crippen molar-refractivity contribution in [3.05, 3.63) is 0 Å². The van der Waals surface area contributed by atoms with Crippen molar-refractivity contribution in [2.45, 2.75) is 37.2 Å². The van der Waals surface area contributed by atoms with Crippen LogP contribution in [-0.2, 0) is 14.3 Å². The van der Waals surface area contributed by atoms with Gasteiger partial charge in [0.05, 0.1) is 26.4 Å². The van der Waals surface area contributed by atoms with Crippen LogP contribution < -0.4 is 0 Å². The number of aliphatic hydroxyl groups excluding tert-OH is 2. The molecule has 0 saturated carbocycles. The van der Waals surface area contributed by atoms with E-state index in [1.54, 1.807) is 0 Å². The van der Waals surface area contributed by atoms with Crippen LogP contribution in [0.5, 0.6) is 0 Å². The van der Waals surface area contributed by atoms with Gasteiger partial charge in [-0.25, -0.2) is 0 Å². The fourth-order valence-corrected chi connectivity index (χ4v) is 0.231. The molecule has 21 heavy (non-hydrogen) atoms. The smallest absolute Gasteiger partial charge is 0.318 e. The van der Waals surface area contributed by atoms with Crippen molar-refractivity contribution in [1.82, 2.24) is 0 Å². The van der Waals surface area contributed by atoms with E-state index in [-0.39, 0.29) is 13.2 Å². The third-order valence-corrected chi connectivity index (χ3v) is 1.90. The Morgan fingerprint density at radius 3 is 1.14 bits per heavy atom. The van der Waals surface area contributed by atoms with E-state index in [0.717, 1.165) is 0 Å². The molecule has 0 aromatic carbocycles. The maximum absolute atomic E-state index is 9.94. The molecule has 0 aromatic heterocycles. The SMILES string of the molecule is CC(C)(S)C(=O)O.CC(C)(S)C(=O)O.OCCOCCO. The molecule has 0 rings (SSSR count). The summed E-state index contributed by atoms with van der Waals surface area (Å²) in [5.41, 5.74) is 0. The molecule has 0 atom stereocenters. The van der Waals surface area contributed by atoms with Gasteiger partial charge in [0, 0.05) is 0 Å². The van der Waals surface area contributed by atoms with Gasteiger partial charge in [0.2, 0.25) is 0 Å². The Labute approximate surface area is 136 Å². The van der Waals surface area contributed by atoms with E-state index in [2.05, 4.69) is 30.0 Å². The van der Waals surface area contributed by atoms with Crippen molar-refractivity contribution < 1.29 is 34.8 Å². The van der Waals surface area contributed by atoms with Gasteiger partial charge in [-0.2, -0.15) is 25.3 Å². The summed E-state index contributed by atoms with van der Waals surface area (Å²) in [6, 6.07) is 0. The van der Waals surface area contributed by atoms with Crippen LogP contribution in [0.15, 0.2) is 0 Å². The summed E-state index contributed by atoms with van der Waals surface area (Å²) < 4.78 is 2.85. The second kappa shape index (κ2) is 13.2. The van der Waals surface area contributed by atoms with E-state index in [1.165, 1.54) is 27.7 Å². The highest BCUT2D eigenvalue weighted by Gasteiger charge is 2.20. The summed E-state index contributed by atoms with van der Waals surface area (Å²) in [7, 11) is 0. The Hall–Kier alpha value is -0.480. The number of aliphatic carboxylic acids is 2. The second-order valence-electron chi connectivity index (χ2n) is 4.79. The van der Waals surface area contributed by atoms with Crippen LogP contribution in [-0.4, -0.2) is 68.3 Å². The normalized spacial score (nSPS) is 10.7. The maximum Gasteiger partial charge on any atom is 0.318 e. The number of aliphatic hydroxyl groups is 2. The fourth-order valence-electron chi connectivity index (χ4n) is 0.231. The molecule has 0 aliphatic heterocycles. The molecule has 9 heteroatoms. The van der Waals surface area contributed by atoms with Crippen LogP contribution in [0, 0.1) is 0 Å². The molecule has 4 N–H and O–H groups in total. The average Bonchev–Trinajstić information content (AvgIpc) is 2.28. The van der Waals surface area contributed by atoms with Gasteiger partial charge < -0.3 is 25.2 Å². The third-order valence-electron chi connectivity index (χ3n) is 1.52. The van der Waals surface area contributed by atoms with Gasteiger partial charge in [0.15, 0.2) is 0 Å². The molecule has 7 nitrogen and oxygen atoms in total. The van der Waals surface area contributed by atoms with Crippen molar-refractivity contribution in [2.24, 2.45) is 0 Å². The minimum absolute atomic E-state index is 0.0278. The molecule has 0 saturated heterocycles. The Morgan fingerprint density at radius 1 is 0.857 bits per heavy atom. The van der Waals surface area contributed by atoms with Crippen LogP contribution in [0.4, 0.5) is 0 Å². The van der Waals surface area contributed by atoms with Crippen molar-refractivity contribution in [2.75, 3.05) is 26.4 Å². The lowest BCUT2D eigenvalue weighted by atomic mass is 10.2. The molecule has 0 unspecified atom stereocenters. The molecule has 0 aliphatic rings. The average molecular weight is 346 g/mol. The van der Waals surface area contributed by atoms with E-state index >= 15 is 0 Å². The number of hydrogen-bond donors (Lipinski definition) is 6. The number of carbonyl (C=O) groups is 2. The molecular formula is C12H26O7S2. The number of carboxylic acid groups (broad SMARTS) is 2. The first kappa shape index (κ1) is 25.5. The quantitative estimate of drug-likeness (QED) is 0.306. The van der Waals surface area contributed by atoms with Crippen LogP contribution in [0.1, 0.15) is 27.7 Å². The summed E-state index contributed by atoms with van der Waals surface area (Å²) in [5.74, 6) is -1.79. The predicted octanol–water partition coefficient (Wildman–Crippen LogP) is 0.546. The minimum atomic E-state index is -0.893. The van der Waals surface area contributed by atoms with Crippen molar-refractivity contribution in [1.29, 1.82) is 0 Å². The molecule has 0 spiro atoms. The van der Waals surface area contributed by atoms with Gasteiger partial charge in [-0.3, -0.25) is 9.59 Å². The largest absolute Gasteiger partial charge is 0.480 e. The minimum Gasteiger partial charge on any atom is -0.480 e. The van der Waals surface area contributed by atoms with Gasteiger partial charge >= 0.3 is 11.9 Å². The first-order valence-corrected chi connectivity index (χ1v) is 6.91. The highest BCUT2D eigenvalue weighted by atomic mass is 32.1. The molecule has 128 valence electrons. The third kappa shape index (κ3) is 24.9. The van der Waals surface area contributed by atoms with Crippen molar-refractivity contribution in [3.63, 3.8) is 0 Å². The summed E-state index contributed by atoms with van der Waals surface area (Å²) in [6.45, 7) is 6.80. The molecule has 0 fully saturated rings. The lowest BCUT2D eigenvalue weighted by Crippen LogP contribution is -2.23. The van der Waals surface area contributed by atoms with Gasteiger partial charge in [-0.1, -0.05) is 0 Å². The molecule has 0 amide bonds. The molecule has 0 aliphatic carbocycles. The zero-order valence-electron chi connectivity index (χ0n) is 12.7. The molecular weight excluding hydrogens is 320 g/mol. The molecule has 0 bridgehead atoms. The summed E-state index contributed by atoms with van der Waals surface area (Å²) in [5, 5.41) is 32.5. The predicted molar refractivity (Wildman–Crippen MR) is 86.4 cm³/mol. The van der Waals surface area contributed by atoms with Crippen LogP contribution in [0.3, 0.4) is 0 Å². The number of thiol groups is 2. The van der Waals surface area contributed by atoms with Gasteiger partial charge in [-0.15, -0.1) is 0 Å². The summed E-state index contributed by atoms with van der Waals surface area (Å²) in [4.78, 5) is 19.9. The lowest BCUT2D eigenvalue weighted by Gasteiger charge is -2.07. The van der Waals surface area contributed by atoms with Gasteiger partial charge in [-0.05, 0) is 27.7 Å². The highest BCUT2D eigenvalue weighted by Crippen LogP contribution is 2.10. The molecule has 0 aromatic rings. The Morgan fingerprint density at radius 2 is 1.05 bits per heavy atom. The highest BCUT2D eigenvalue weighted by molar-refractivity contribution is 7.82. The standard InChI is InChI=1S/C4H10O3.2C4H8O2S/c5-1-3-7-4-2-6;2*1-4(2,7)3(5)6/h5-6H,1-4H2;2*7H,1-2H3,(H,5,6). The van der Waals surface area contributed by atoms with Crippen LogP contribution >= 0.6 is 25.3 Å². The number of carboxylic acids is 2. The van der Waals surface area contributed by atoms with E-state index < -0.39 is 21.4 Å². The van der Waals surface area contributed by atoms with Gasteiger partial charge in [0.1, 0.15) is 9.49 Å². The molecule has 0 radical (unpaired) electrons. The van der Waals surface area contributed by atoms with Gasteiger partial charge in [0.25, 0.3) is 0 Å². The zero-order valence-corrected chi connectivity index (χ0v) is 14.5. The van der Waals surface area contributed by atoms with E-state index in [9.17, 15) is 9.59 Å². The Balaban J connectivity index is -0.000000231. The maximum atomic E-state index is 9.94. The number of rotatable bonds is 6. The fraction of sp³-hybridized carbons (Fsp3) is 0.833. The lowest BCUT2D eigenvalue weighted by molar-refractivity contribution is -0.139. The molecule has 0 heterocycles. The number of ether oxygens (including phenoxy) is 1. The first-order valence-electron chi connectivity index (χ1n) is 6.01. The Bertz CT molecular complexity index is 254. The van der Waals surface area contributed by atoms with Crippen molar-refractivity contribution in [3.8, 4) is 0 Å². The Kier molecular flexibility index (Phi) is 16.0. The summed E-state index contributed by atoms with van der Waals surface area (Å²) >= 11 is 7.50. The van der Waals surface area contributed by atoms with Crippen LogP contribution in [0.25, 0.3) is 0 Å². The monoisotopic (exact) mass is 346 g/mol. The van der Waals surface area contributed by atoms with Crippen molar-refractivity contribution >= 4 is 37.2 Å². The second-order valence-corrected chi connectivity index (χ2v) is 7.02. The van der Waals surface area contributed by atoms with E-state index in [0.29, 0.717) is 13.2 Å². The van der Waals surface area contributed by atoms with Crippen LogP contribution in [0.2, 0.25) is 0 Å². The summed E-state index contributed by atoms with van der Waals surface area (Å²) in [6.07, 6.45) is 0. The zero-order chi connectivity index (χ0) is 17.7. The van der Waals surface area contributed by atoms with E-state index in [4.69, 9.17) is 20.4 Å².